The van der Waals surface area contributed by atoms with Crippen molar-refractivity contribution in [2.45, 2.75) is 63.1 Å². The lowest BCUT2D eigenvalue weighted by Gasteiger charge is -2.42. The average molecular weight is 208 g/mol. The maximum atomic E-state index is 12.2. The van der Waals surface area contributed by atoms with Crippen LogP contribution in [-0.4, -0.2) is 35.5 Å². The molecule has 15 heavy (non-hydrogen) atoms. The van der Waals surface area contributed by atoms with Gasteiger partial charge < -0.3 is 10.2 Å². The minimum atomic E-state index is 0.145. The first-order chi connectivity index (χ1) is 7.34. The highest BCUT2D eigenvalue weighted by Crippen LogP contribution is 2.29. The zero-order valence-corrected chi connectivity index (χ0v) is 9.24. The molecule has 3 heteroatoms. The van der Waals surface area contributed by atoms with Crippen molar-refractivity contribution < 1.29 is 4.79 Å². The van der Waals surface area contributed by atoms with Crippen LogP contribution < -0.4 is 5.32 Å². The van der Waals surface area contributed by atoms with E-state index in [1.54, 1.807) is 0 Å². The number of hydrogen-bond acceptors (Lipinski definition) is 2. The first kappa shape index (κ1) is 9.64. The molecule has 1 unspecified atom stereocenters. The first-order valence-electron chi connectivity index (χ1n) is 6.41. The Labute approximate surface area is 91.2 Å². The summed E-state index contributed by atoms with van der Waals surface area (Å²) in [7, 11) is 0. The molecular formula is C12H20N2O. The van der Waals surface area contributed by atoms with Crippen molar-refractivity contribution in [3.05, 3.63) is 0 Å². The highest BCUT2D eigenvalue weighted by molar-refractivity contribution is 5.83. The highest BCUT2D eigenvalue weighted by Gasteiger charge is 2.37. The maximum absolute atomic E-state index is 12.2. The van der Waals surface area contributed by atoms with Gasteiger partial charge in [0, 0.05) is 18.6 Å². The summed E-state index contributed by atoms with van der Waals surface area (Å²) in [6, 6.07) is 1.38. The van der Waals surface area contributed by atoms with Crippen LogP contribution in [0.3, 0.4) is 0 Å². The van der Waals surface area contributed by atoms with Crippen molar-refractivity contribution in [1.29, 1.82) is 0 Å². The number of piperidine rings is 1. The van der Waals surface area contributed by atoms with Gasteiger partial charge in [-0.3, -0.25) is 4.79 Å². The molecule has 0 aromatic rings. The molecule has 3 rings (SSSR count). The van der Waals surface area contributed by atoms with Crippen molar-refractivity contribution >= 4 is 5.91 Å². The molecule has 1 N–H and O–H groups in total. The number of amides is 1. The van der Waals surface area contributed by atoms with E-state index in [1.807, 2.05) is 0 Å². The molecule has 1 amide bonds. The van der Waals surface area contributed by atoms with Gasteiger partial charge in [-0.05, 0) is 44.9 Å². The summed E-state index contributed by atoms with van der Waals surface area (Å²) in [6.07, 6.45) is 8.57. The van der Waals surface area contributed by atoms with Gasteiger partial charge in [-0.15, -0.1) is 0 Å². The minimum absolute atomic E-state index is 0.145. The summed E-state index contributed by atoms with van der Waals surface area (Å²) in [6.45, 7) is 1.01. The highest BCUT2D eigenvalue weighted by atomic mass is 16.2. The predicted octanol–water partition coefficient (Wildman–Crippen LogP) is 1.28. The molecule has 1 aliphatic heterocycles. The zero-order valence-electron chi connectivity index (χ0n) is 9.24. The van der Waals surface area contributed by atoms with Gasteiger partial charge in [0.25, 0.3) is 0 Å². The molecule has 1 heterocycles. The van der Waals surface area contributed by atoms with E-state index < -0.39 is 0 Å². The molecule has 1 atom stereocenters. The van der Waals surface area contributed by atoms with Gasteiger partial charge in [0.05, 0.1) is 6.04 Å². The van der Waals surface area contributed by atoms with Crippen LogP contribution in [0.2, 0.25) is 0 Å². The summed E-state index contributed by atoms with van der Waals surface area (Å²) in [5, 5.41) is 3.48. The van der Waals surface area contributed by atoms with Crippen LogP contribution in [0, 0.1) is 0 Å². The topological polar surface area (TPSA) is 32.3 Å². The lowest BCUT2D eigenvalue weighted by atomic mass is 9.89. The third-order valence-electron chi connectivity index (χ3n) is 4.00. The molecule has 0 bridgehead atoms. The van der Waals surface area contributed by atoms with Crippen LogP contribution >= 0.6 is 0 Å². The fourth-order valence-electron chi connectivity index (χ4n) is 2.65. The van der Waals surface area contributed by atoms with Crippen molar-refractivity contribution in [2.75, 3.05) is 6.54 Å². The van der Waals surface area contributed by atoms with Gasteiger partial charge in [0.2, 0.25) is 5.91 Å². The second-order valence-corrected chi connectivity index (χ2v) is 5.25. The van der Waals surface area contributed by atoms with Gasteiger partial charge in [0.1, 0.15) is 0 Å². The SMILES string of the molecule is O=C1C(NC2CC2)CCCN1C1CCC1. The Morgan fingerprint density at radius 2 is 1.87 bits per heavy atom. The second-order valence-electron chi connectivity index (χ2n) is 5.25. The molecule has 84 valence electrons. The predicted molar refractivity (Wildman–Crippen MR) is 58.5 cm³/mol. The Morgan fingerprint density at radius 3 is 2.47 bits per heavy atom. The minimum Gasteiger partial charge on any atom is -0.338 e. The molecule has 3 aliphatic rings. The summed E-state index contributed by atoms with van der Waals surface area (Å²) < 4.78 is 0. The van der Waals surface area contributed by atoms with E-state index in [0.29, 0.717) is 18.0 Å². The van der Waals surface area contributed by atoms with Gasteiger partial charge >= 0.3 is 0 Å². The number of nitrogens with one attached hydrogen (secondary N) is 1. The van der Waals surface area contributed by atoms with Gasteiger partial charge in [-0.2, -0.15) is 0 Å². The van der Waals surface area contributed by atoms with E-state index in [-0.39, 0.29) is 6.04 Å². The van der Waals surface area contributed by atoms with E-state index >= 15 is 0 Å². The fraction of sp³-hybridized carbons (Fsp3) is 0.917. The smallest absolute Gasteiger partial charge is 0.239 e. The van der Waals surface area contributed by atoms with E-state index in [1.165, 1.54) is 38.5 Å². The normalized spacial score (nSPS) is 32.9. The molecule has 0 aromatic carbocycles. The maximum Gasteiger partial charge on any atom is 0.239 e. The molecule has 0 spiro atoms. The number of nitrogens with zero attached hydrogens (tertiary/aromatic N) is 1. The Hall–Kier alpha value is -0.570. The molecule has 3 nitrogen and oxygen atoms in total. The third kappa shape index (κ3) is 1.89. The quantitative estimate of drug-likeness (QED) is 0.758. The number of hydrogen-bond donors (Lipinski definition) is 1. The van der Waals surface area contributed by atoms with Crippen LogP contribution in [0.5, 0.6) is 0 Å². The van der Waals surface area contributed by atoms with Crippen molar-refractivity contribution in [1.82, 2.24) is 10.2 Å². The van der Waals surface area contributed by atoms with Gasteiger partial charge in [0.15, 0.2) is 0 Å². The largest absolute Gasteiger partial charge is 0.338 e. The van der Waals surface area contributed by atoms with E-state index in [0.717, 1.165) is 13.0 Å². The molecule has 2 aliphatic carbocycles. The Balaban J connectivity index is 1.61. The summed E-state index contributed by atoms with van der Waals surface area (Å²) in [5.74, 6) is 0.387. The third-order valence-corrected chi connectivity index (χ3v) is 4.00. The molecule has 3 fully saturated rings. The van der Waals surface area contributed by atoms with Crippen molar-refractivity contribution in [3.63, 3.8) is 0 Å². The van der Waals surface area contributed by atoms with Gasteiger partial charge in [-0.1, -0.05) is 0 Å². The molecular weight excluding hydrogens is 188 g/mol. The first-order valence-corrected chi connectivity index (χ1v) is 6.41. The summed E-state index contributed by atoms with van der Waals surface area (Å²) >= 11 is 0. The van der Waals surface area contributed by atoms with Crippen LogP contribution in [0.1, 0.15) is 44.9 Å². The Morgan fingerprint density at radius 1 is 1.07 bits per heavy atom. The monoisotopic (exact) mass is 208 g/mol. The van der Waals surface area contributed by atoms with Crippen molar-refractivity contribution in [2.24, 2.45) is 0 Å². The van der Waals surface area contributed by atoms with E-state index in [9.17, 15) is 4.79 Å². The molecule has 1 saturated heterocycles. The molecule has 0 aromatic heterocycles. The number of carbonyl (C=O) groups is 1. The standard InChI is InChI=1S/C12H20N2O/c15-12-11(13-9-6-7-9)5-2-8-14(12)10-3-1-4-10/h9-11,13H,1-8H2. The molecule has 0 radical (unpaired) electrons. The fourth-order valence-corrected chi connectivity index (χ4v) is 2.65. The van der Waals surface area contributed by atoms with Crippen LogP contribution in [0.4, 0.5) is 0 Å². The Bertz CT molecular complexity index is 258. The summed E-state index contributed by atoms with van der Waals surface area (Å²) in [5.41, 5.74) is 0. The lowest BCUT2D eigenvalue weighted by molar-refractivity contribution is -0.140. The van der Waals surface area contributed by atoms with E-state index in [2.05, 4.69) is 10.2 Å². The van der Waals surface area contributed by atoms with Crippen LogP contribution in [0.25, 0.3) is 0 Å². The second kappa shape index (κ2) is 3.78. The van der Waals surface area contributed by atoms with E-state index in [4.69, 9.17) is 0 Å². The van der Waals surface area contributed by atoms with Crippen LogP contribution in [0.15, 0.2) is 0 Å². The number of rotatable bonds is 3. The summed E-state index contributed by atoms with van der Waals surface area (Å²) in [4.78, 5) is 14.3. The van der Waals surface area contributed by atoms with Gasteiger partial charge in [-0.25, -0.2) is 0 Å². The van der Waals surface area contributed by atoms with Crippen LogP contribution in [-0.2, 0) is 4.79 Å². The number of carbonyl (C=O) groups excluding carboxylic acids is 1. The number of likely N-dealkylation sites (tertiary alicyclic amines) is 1. The average Bonchev–Trinajstić information content (AvgIpc) is 2.93. The molecule has 2 saturated carbocycles. The lowest BCUT2D eigenvalue weighted by Crippen LogP contribution is -2.56. The van der Waals surface area contributed by atoms with Crippen molar-refractivity contribution in [3.8, 4) is 0 Å². The Kier molecular flexibility index (Phi) is 2.43. The zero-order chi connectivity index (χ0) is 10.3.